The van der Waals surface area contributed by atoms with E-state index < -0.39 is 6.29 Å². The zero-order valence-corrected chi connectivity index (χ0v) is 11.8. The molecule has 1 aromatic carbocycles. The summed E-state index contributed by atoms with van der Waals surface area (Å²) in [5.74, 6) is 0. The monoisotopic (exact) mass is 263 g/mol. The maximum Gasteiger partial charge on any atom is 0.184 e. The second-order valence-corrected chi connectivity index (χ2v) is 4.88. The molecule has 0 radical (unpaired) electrons. The van der Waals surface area contributed by atoms with Gasteiger partial charge in [-0.1, -0.05) is 6.07 Å². The van der Waals surface area contributed by atoms with E-state index in [-0.39, 0.29) is 0 Å². The zero-order valence-electron chi connectivity index (χ0n) is 11.8. The molecule has 0 aromatic heterocycles. The van der Waals surface area contributed by atoms with E-state index in [1.807, 2.05) is 18.2 Å². The first-order valence-electron chi connectivity index (χ1n) is 6.76. The van der Waals surface area contributed by atoms with Crippen molar-refractivity contribution in [3.8, 4) is 0 Å². The Morgan fingerprint density at radius 2 is 2.05 bits per heavy atom. The first-order chi connectivity index (χ1) is 9.17. The Bertz CT molecular complexity index is 439. The van der Waals surface area contributed by atoms with Crippen LogP contribution < -0.4 is 4.90 Å². The van der Waals surface area contributed by atoms with Crippen LogP contribution in [0.1, 0.15) is 43.0 Å². The van der Waals surface area contributed by atoms with Crippen molar-refractivity contribution < 1.29 is 14.3 Å². The lowest BCUT2D eigenvalue weighted by molar-refractivity contribution is -0.0444. The van der Waals surface area contributed by atoms with Gasteiger partial charge in [-0.25, -0.2) is 0 Å². The molecule has 1 aliphatic rings. The van der Waals surface area contributed by atoms with E-state index in [2.05, 4.69) is 25.7 Å². The second-order valence-electron chi connectivity index (χ2n) is 4.88. The molecule has 1 heterocycles. The van der Waals surface area contributed by atoms with Gasteiger partial charge in [-0.3, -0.25) is 4.79 Å². The quantitative estimate of drug-likeness (QED) is 0.766. The molecular weight excluding hydrogens is 242 g/mol. The van der Waals surface area contributed by atoms with Gasteiger partial charge in [-0.2, -0.15) is 0 Å². The Kier molecular flexibility index (Phi) is 4.56. The fraction of sp³-hybridized carbons (Fsp3) is 0.533. The van der Waals surface area contributed by atoms with Gasteiger partial charge in [0.1, 0.15) is 0 Å². The largest absolute Gasteiger partial charge is 0.369 e. The minimum Gasteiger partial charge on any atom is -0.369 e. The van der Waals surface area contributed by atoms with E-state index >= 15 is 0 Å². The molecule has 1 aromatic rings. The summed E-state index contributed by atoms with van der Waals surface area (Å²) in [5, 5.41) is 0. The highest BCUT2D eigenvalue weighted by Crippen LogP contribution is 2.29. The standard InChI is InChI=1S/C15H21NO3/c1-4-16(11(2)3)13-5-6-14(12(9-13)10-17)15-18-7-8-19-15/h5-6,9-11,15H,4,7-8H2,1-3H3. The van der Waals surface area contributed by atoms with E-state index in [9.17, 15) is 4.79 Å². The Morgan fingerprint density at radius 1 is 1.37 bits per heavy atom. The summed E-state index contributed by atoms with van der Waals surface area (Å²) >= 11 is 0. The fourth-order valence-electron chi connectivity index (χ4n) is 2.44. The van der Waals surface area contributed by atoms with Crippen LogP contribution in [0.25, 0.3) is 0 Å². The van der Waals surface area contributed by atoms with Crippen molar-refractivity contribution in [2.45, 2.75) is 33.1 Å². The Morgan fingerprint density at radius 3 is 2.58 bits per heavy atom. The van der Waals surface area contributed by atoms with Crippen LogP contribution in [0, 0.1) is 0 Å². The molecule has 0 saturated carbocycles. The molecule has 0 aliphatic carbocycles. The van der Waals surface area contributed by atoms with Crippen LogP contribution in [0.2, 0.25) is 0 Å². The van der Waals surface area contributed by atoms with Crippen molar-refractivity contribution >= 4 is 12.0 Å². The lowest BCUT2D eigenvalue weighted by Crippen LogP contribution is -2.30. The summed E-state index contributed by atoms with van der Waals surface area (Å²) < 4.78 is 10.9. The van der Waals surface area contributed by atoms with Crippen LogP contribution in [0.15, 0.2) is 18.2 Å². The van der Waals surface area contributed by atoms with Gasteiger partial charge in [-0.05, 0) is 32.9 Å². The highest BCUT2D eigenvalue weighted by atomic mass is 16.7. The molecule has 4 heteroatoms. The number of carbonyl (C=O) groups is 1. The van der Waals surface area contributed by atoms with Gasteiger partial charge in [0.25, 0.3) is 0 Å². The maximum atomic E-state index is 11.3. The summed E-state index contributed by atoms with van der Waals surface area (Å²) in [4.78, 5) is 13.5. The van der Waals surface area contributed by atoms with Crippen molar-refractivity contribution in [3.63, 3.8) is 0 Å². The molecule has 0 unspecified atom stereocenters. The van der Waals surface area contributed by atoms with Gasteiger partial charge in [0.05, 0.1) is 13.2 Å². The van der Waals surface area contributed by atoms with Crippen molar-refractivity contribution in [3.05, 3.63) is 29.3 Å². The number of anilines is 1. The topological polar surface area (TPSA) is 38.8 Å². The van der Waals surface area contributed by atoms with Gasteiger partial charge >= 0.3 is 0 Å². The fourth-order valence-corrected chi connectivity index (χ4v) is 2.44. The molecule has 104 valence electrons. The molecule has 2 rings (SSSR count). The first kappa shape index (κ1) is 14.0. The van der Waals surface area contributed by atoms with Crippen LogP contribution >= 0.6 is 0 Å². The Labute approximate surface area is 114 Å². The van der Waals surface area contributed by atoms with E-state index in [4.69, 9.17) is 9.47 Å². The number of hydrogen-bond acceptors (Lipinski definition) is 4. The molecule has 0 atom stereocenters. The second kappa shape index (κ2) is 6.17. The molecule has 4 nitrogen and oxygen atoms in total. The summed E-state index contributed by atoms with van der Waals surface area (Å²) in [5.41, 5.74) is 2.51. The van der Waals surface area contributed by atoms with Crippen molar-refractivity contribution in [2.75, 3.05) is 24.7 Å². The molecule has 1 aliphatic heterocycles. The average Bonchev–Trinajstić information content (AvgIpc) is 2.92. The van der Waals surface area contributed by atoms with Crippen LogP contribution in [0.3, 0.4) is 0 Å². The molecule has 0 N–H and O–H groups in total. The minimum absolute atomic E-state index is 0.398. The molecule has 0 amide bonds. The highest BCUT2D eigenvalue weighted by Gasteiger charge is 2.22. The van der Waals surface area contributed by atoms with E-state index in [1.54, 1.807) is 0 Å². The number of ether oxygens (including phenoxy) is 2. The summed E-state index contributed by atoms with van der Waals surface area (Å²) in [6, 6.07) is 6.27. The van der Waals surface area contributed by atoms with Gasteiger partial charge in [-0.15, -0.1) is 0 Å². The third kappa shape index (κ3) is 2.96. The van der Waals surface area contributed by atoms with Crippen molar-refractivity contribution in [2.24, 2.45) is 0 Å². The van der Waals surface area contributed by atoms with E-state index in [1.165, 1.54) is 0 Å². The highest BCUT2D eigenvalue weighted by molar-refractivity contribution is 5.80. The first-order valence-corrected chi connectivity index (χ1v) is 6.76. The molecule has 0 spiro atoms. The van der Waals surface area contributed by atoms with E-state index in [0.29, 0.717) is 24.8 Å². The smallest absolute Gasteiger partial charge is 0.184 e. The average molecular weight is 263 g/mol. The van der Waals surface area contributed by atoms with E-state index in [0.717, 1.165) is 24.1 Å². The normalized spacial score (nSPS) is 16.0. The number of benzene rings is 1. The minimum atomic E-state index is -0.400. The van der Waals surface area contributed by atoms with Crippen molar-refractivity contribution in [1.29, 1.82) is 0 Å². The molecule has 0 bridgehead atoms. The van der Waals surface area contributed by atoms with Gasteiger partial charge in [0.15, 0.2) is 12.6 Å². The predicted molar refractivity (Wildman–Crippen MR) is 74.6 cm³/mol. The Hall–Kier alpha value is -1.39. The summed E-state index contributed by atoms with van der Waals surface area (Å²) in [6.45, 7) is 8.46. The van der Waals surface area contributed by atoms with Crippen LogP contribution in [-0.2, 0) is 9.47 Å². The lowest BCUT2D eigenvalue weighted by atomic mass is 10.1. The van der Waals surface area contributed by atoms with Gasteiger partial charge < -0.3 is 14.4 Å². The van der Waals surface area contributed by atoms with Crippen molar-refractivity contribution in [1.82, 2.24) is 0 Å². The number of aldehydes is 1. The van der Waals surface area contributed by atoms with Gasteiger partial charge in [0, 0.05) is 29.4 Å². The predicted octanol–water partition coefficient (Wildman–Crippen LogP) is 2.78. The van der Waals surface area contributed by atoms with Crippen LogP contribution in [-0.4, -0.2) is 32.1 Å². The Balaban J connectivity index is 2.32. The number of rotatable bonds is 5. The summed E-state index contributed by atoms with van der Waals surface area (Å²) in [6.07, 6.45) is 0.473. The molecular formula is C15H21NO3. The SMILES string of the molecule is CCN(c1ccc(C2OCCO2)c(C=O)c1)C(C)C. The zero-order chi connectivity index (χ0) is 13.8. The summed E-state index contributed by atoms with van der Waals surface area (Å²) in [7, 11) is 0. The third-order valence-corrected chi connectivity index (χ3v) is 3.37. The number of hydrogen-bond donors (Lipinski definition) is 0. The number of nitrogens with zero attached hydrogens (tertiary/aromatic N) is 1. The van der Waals surface area contributed by atoms with Crippen LogP contribution in [0.5, 0.6) is 0 Å². The lowest BCUT2D eigenvalue weighted by Gasteiger charge is -2.28. The van der Waals surface area contributed by atoms with Gasteiger partial charge in [0.2, 0.25) is 0 Å². The number of carbonyl (C=O) groups excluding carboxylic acids is 1. The van der Waals surface area contributed by atoms with Crippen LogP contribution in [0.4, 0.5) is 5.69 Å². The molecule has 1 fully saturated rings. The molecule has 19 heavy (non-hydrogen) atoms. The maximum absolute atomic E-state index is 11.3. The molecule has 1 saturated heterocycles. The third-order valence-electron chi connectivity index (χ3n) is 3.37.